The molecule has 1 aromatic rings. The Hall–Kier alpha value is -1.51. The maximum atomic E-state index is 10.6. The van der Waals surface area contributed by atoms with Gasteiger partial charge in [-0.1, -0.05) is 35.4 Å². The van der Waals surface area contributed by atoms with E-state index in [0.717, 1.165) is 6.54 Å². The molecule has 0 aliphatic carbocycles. The Morgan fingerprint density at radius 1 is 0.839 bits per heavy atom. The van der Waals surface area contributed by atoms with Gasteiger partial charge in [-0.15, -0.1) is 0 Å². The molecule has 4 N–H and O–H groups in total. The summed E-state index contributed by atoms with van der Waals surface area (Å²) < 4.78 is 0. The van der Waals surface area contributed by atoms with Crippen LogP contribution >= 0.6 is 0 Å². The number of rotatable bonds is 5. The Bertz CT molecular complexity index is 498. The largest absolute Gasteiger partial charge is 0.358 e. The zero-order valence-corrected chi connectivity index (χ0v) is 21.8. The molecule has 1 aliphatic heterocycles. The molecule has 0 spiro atoms. The zero-order valence-electron chi connectivity index (χ0n) is 21.8. The molecule has 31 heavy (non-hydrogen) atoms. The van der Waals surface area contributed by atoms with E-state index in [1.54, 1.807) is 21.0 Å². The van der Waals surface area contributed by atoms with Crippen LogP contribution in [0.4, 0.5) is 0 Å². The fourth-order valence-corrected chi connectivity index (χ4v) is 2.30. The Kier molecular flexibility index (Phi) is 20.8. The molecule has 1 fully saturated rings. The second kappa shape index (κ2) is 20.4. The van der Waals surface area contributed by atoms with Crippen LogP contribution in [-0.2, 0) is 4.79 Å². The van der Waals surface area contributed by atoms with Crippen molar-refractivity contribution >= 4 is 5.91 Å². The zero-order chi connectivity index (χ0) is 24.2. The number of piperazine rings is 1. The monoisotopic (exact) mass is 438 g/mol. The van der Waals surface area contributed by atoms with Crippen LogP contribution in [0.5, 0.6) is 0 Å². The molecule has 2 unspecified atom stereocenters. The maximum absolute atomic E-state index is 10.6. The van der Waals surface area contributed by atoms with E-state index < -0.39 is 0 Å². The lowest BCUT2D eigenvalue weighted by Gasteiger charge is -2.28. The molecule has 2 atom stereocenters. The first-order chi connectivity index (χ1) is 14.6. The van der Waals surface area contributed by atoms with Crippen molar-refractivity contribution < 1.29 is 4.79 Å². The molecule has 0 bridgehead atoms. The predicted octanol–water partition coefficient (Wildman–Crippen LogP) is 1.32. The number of amides is 1. The minimum atomic E-state index is -0.0833. The summed E-state index contributed by atoms with van der Waals surface area (Å²) in [5, 5.41) is 11.5. The van der Waals surface area contributed by atoms with Gasteiger partial charge in [-0.25, -0.2) is 0 Å². The first-order valence-electron chi connectivity index (χ1n) is 11.2. The lowest BCUT2D eigenvalue weighted by Crippen LogP contribution is -2.42. The quantitative estimate of drug-likeness (QED) is 0.556. The van der Waals surface area contributed by atoms with Gasteiger partial charge in [-0.05, 0) is 62.9 Å². The highest BCUT2D eigenvalue weighted by Gasteiger charge is 2.07. The van der Waals surface area contributed by atoms with Gasteiger partial charge in [-0.2, -0.15) is 0 Å². The topological polar surface area (TPSA) is 71.7 Å². The second-order valence-corrected chi connectivity index (χ2v) is 8.13. The van der Waals surface area contributed by atoms with Crippen LogP contribution in [-0.4, -0.2) is 103 Å². The number of nitrogens with zero attached hydrogens (tertiary/aromatic N) is 2. The van der Waals surface area contributed by atoms with Crippen LogP contribution in [0.15, 0.2) is 24.3 Å². The van der Waals surface area contributed by atoms with E-state index >= 15 is 0 Å². The summed E-state index contributed by atoms with van der Waals surface area (Å²) in [4.78, 5) is 15.3. The average Bonchev–Trinajstić information content (AvgIpc) is 2.78. The summed E-state index contributed by atoms with van der Waals surface area (Å²) in [5.41, 5.74) is 2.66. The van der Waals surface area contributed by atoms with Gasteiger partial charge in [0.1, 0.15) is 0 Å². The number of benzene rings is 1. The molecule has 182 valence electrons. The molecule has 7 nitrogen and oxygen atoms in total. The minimum Gasteiger partial charge on any atom is -0.358 e. The van der Waals surface area contributed by atoms with Crippen molar-refractivity contribution in [2.24, 2.45) is 0 Å². The van der Waals surface area contributed by atoms with E-state index in [2.05, 4.69) is 90.2 Å². The highest BCUT2D eigenvalue weighted by atomic mass is 16.2. The Morgan fingerprint density at radius 2 is 1.23 bits per heavy atom. The number of nitrogens with one attached hydrogen (secondary N) is 4. The van der Waals surface area contributed by atoms with E-state index in [-0.39, 0.29) is 11.9 Å². The van der Waals surface area contributed by atoms with Crippen molar-refractivity contribution in [3.63, 3.8) is 0 Å². The molecule has 1 saturated heterocycles. The summed E-state index contributed by atoms with van der Waals surface area (Å²) in [6.45, 7) is 14.1. The predicted molar refractivity (Wildman–Crippen MR) is 136 cm³/mol. The van der Waals surface area contributed by atoms with E-state index in [9.17, 15) is 4.79 Å². The normalized spacial score (nSPS) is 15.7. The molecular formula is C24H50N6O. The first-order valence-corrected chi connectivity index (χ1v) is 11.2. The fraction of sp³-hybridized carbons (Fsp3) is 0.708. The van der Waals surface area contributed by atoms with Gasteiger partial charge in [0.05, 0.1) is 6.04 Å². The molecule has 0 aromatic heterocycles. The highest BCUT2D eigenvalue weighted by Crippen LogP contribution is 1.99. The third-order valence-electron chi connectivity index (χ3n) is 5.02. The van der Waals surface area contributed by atoms with Crippen LogP contribution in [0.1, 0.15) is 25.0 Å². The SMILES string of the molecule is CN1CCN(C)CC1.CNC(=O)C(C)NC.CNCC(C)NC.Cc1ccc(C)cc1. The molecule has 1 aromatic carbocycles. The number of likely N-dealkylation sites (N-methyl/N-ethyl adjacent to an activating group) is 6. The van der Waals surface area contributed by atoms with Crippen molar-refractivity contribution in [1.29, 1.82) is 0 Å². The third kappa shape index (κ3) is 20.2. The molecular weight excluding hydrogens is 388 g/mol. The standard InChI is InChI=1S/C8H10.C6H14N2.C5H12N2O.C5H14N2/c2*1-7-3-5-8(2)6-4-7;1-4(6-2)5(8)7-3;1-5(7-3)4-6-2/h3-6H,1-2H3;3-6H2,1-2H3;4,6H,1-3H3,(H,7,8);5-7H,4H2,1-3H3. The molecule has 2 rings (SSSR count). The lowest BCUT2D eigenvalue weighted by atomic mass is 10.2. The van der Waals surface area contributed by atoms with Crippen molar-refractivity contribution in [2.75, 3.05) is 75.0 Å². The maximum Gasteiger partial charge on any atom is 0.236 e. The van der Waals surface area contributed by atoms with E-state index in [1.807, 2.05) is 14.1 Å². The Balaban J connectivity index is 0. The Morgan fingerprint density at radius 3 is 1.42 bits per heavy atom. The summed E-state index contributed by atoms with van der Waals surface area (Å²) >= 11 is 0. The summed E-state index contributed by atoms with van der Waals surface area (Å²) in [6, 6.07) is 8.99. The molecule has 1 amide bonds. The lowest BCUT2D eigenvalue weighted by molar-refractivity contribution is -0.122. The van der Waals surface area contributed by atoms with Crippen molar-refractivity contribution in [2.45, 2.75) is 39.8 Å². The number of hydrogen-bond donors (Lipinski definition) is 4. The average molecular weight is 439 g/mol. The van der Waals surface area contributed by atoms with Crippen LogP contribution in [0.2, 0.25) is 0 Å². The molecule has 1 heterocycles. The van der Waals surface area contributed by atoms with Crippen LogP contribution in [0.25, 0.3) is 0 Å². The number of carbonyl (C=O) groups excluding carboxylic acids is 1. The summed E-state index contributed by atoms with van der Waals surface area (Å²) in [5.74, 6) is 0.0208. The molecule has 1 aliphatic rings. The first kappa shape index (κ1) is 31.7. The van der Waals surface area contributed by atoms with Crippen LogP contribution < -0.4 is 21.3 Å². The highest BCUT2D eigenvalue weighted by molar-refractivity contribution is 5.80. The van der Waals surface area contributed by atoms with Gasteiger partial charge in [0.15, 0.2) is 0 Å². The van der Waals surface area contributed by atoms with E-state index in [1.165, 1.54) is 37.3 Å². The van der Waals surface area contributed by atoms with Gasteiger partial charge in [0.2, 0.25) is 5.91 Å². The minimum absolute atomic E-state index is 0.0208. The van der Waals surface area contributed by atoms with Gasteiger partial charge in [-0.3, -0.25) is 4.79 Å². The molecule has 0 saturated carbocycles. The van der Waals surface area contributed by atoms with Crippen molar-refractivity contribution in [3.05, 3.63) is 35.4 Å². The molecule has 7 heteroatoms. The van der Waals surface area contributed by atoms with Crippen LogP contribution in [0, 0.1) is 13.8 Å². The van der Waals surface area contributed by atoms with E-state index in [4.69, 9.17) is 0 Å². The number of carbonyl (C=O) groups is 1. The van der Waals surface area contributed by atoms with Crippen molar-refractivity contribution in [3.8, 4) is 0 Å². The van der Waals surface area contributed by atoms with Gasteiger partial charge >= 0.3 is 0 Å². The number of hydrogen-bond acceptors (Lipinski definition) is 6. The fourth-order valence-electron chi connectivity index (χ4n) is 2.30. The third-order valence-corrected chi connectivity index (χ3v) is 5.02. The van der Waals surface area contributed by atoms with Gasteiger partial charge in [0.25, 0.3) is 0 Å². The van der Waals surface area contributed by atoms with Crippen molar-refractivity contribution in [1.82, 2.24) is 31.1 Å². The van der Waals surface area contributed by atoms with Crippen LogP contribution in [0.3, 0.4) is 0 Å². The summed E-state index contributed by atoms with van der Waals surface area (Å²) in [6.07, 6.45) is 0. The summed E-state index contributed by atoms with van der Waals surface area (Å²) in [7, 11) is 11.6. The smallest absolute Gasteiger partial charge is 0.236 e. The second-order valence-electron chi connectivity index (χ2n) is 8.13. The van der Waals surface area contributed by atoms with Gasteiger partial charge < -0.3 is 31.1 Å². The molecule has 0 radical (unpaired) electrons. The van der Waals surface area contributed by atoms with Gasteiger partial charge in [0, 0.05) is 45.8 Å². The number of aryl methyl sites for hydroxylation is 2. The van der Waals surface area contributed by atoms with E-state index in [0.29, 0.717) is 6.04 Å². The Labute approximate surface area is 192 Å².